The number of amides is 1. The van der Waals surface area contributed by atoms with Crippen molar-refractivity contribution >= 4 is 5.91 Å². The smallest absolute Gasteiger partial charge is 0.251 e. The second-order valence-corrected chi connectivity index (χ2v) is 5.21. The molecule has 0 spiro atoms. The monoisotopic (exact) mass is 339 g/mol. The van der Waals surface area contributed by atoms with Gasteiger partial charge in [0.2, 0.25) is 0 Å². The Labute approximate surface area is 151 Å². The van der Waals surface area contributed by atoms with Gasteiger partial charge in [0.15, 0.2) is 0 Å². The van der Waals surface area contributed by atoms with Crippen molar-refractivity contribution in [1.29, 1.82) is 0 Å². The number of ether oxygens (including phenoxy) is 1. The molecule has 1 aromatic carbocycles. The van der Waals surface area contributed by atoms with Crippen molar-refractivity contribution in [3.05, 3.63) is 35.4 Å². The summed E-state index contributed by atoms with van der Waals surface area (Å²) in [5.41, 5.74) is 1.82. The van der Waals surface area contributed by atoms with Crippen LogP contribution in [0.4, 0.5) is 0 Å². The van der Waals surface area contributed by atoms with Gasteiger partial charge in [-0.05, 0) is 25.5 Å². The van der Waals surface area contributed by atoms with Crippen LogP contribution in [0.5, 0.6) is 0 Å². The van der Waals surface area contributed by atoms with Gasteiger partial charge in [-0.15, -0.1) is 0 Å². The molecule has 142 valence electrons. The van der Waals surface area contributed by atoms with Crippen molar-refractivity contribution in [2.75, 3.05) is 20.8 Å². The summed E-state index contributed by atoms with van der Waals surface area (Å²) in [6.45, 7) is 13.4. The summed E-state index contributed by atoms with van der Waals surface area (Å²) in [5, 5.41) is 2.57. The van der Waals surface area contributed by atoms with Gasteiger partial charge in [-0.3, -0.25) is 4.79 Å². The fourth-order valence-electron chi connectivity index (χ4n) is 1.60. The van der Waals surface area contributed by atoms with E-state index in [1.54, 1.807) is 20.2 Å². The minimum Gasteiger partial charge on any atom is -0.385 e. The SMILES string of the molecule is CC.CCC.CCCCCCOC.CNC(=O)c1cccc(C)c1. The zero-order valence-corrected chi connectivity index (χ0v) is 17.4. The van der Waals surface area contributed by atoms with Crippen LogP contribution in [-0.4, -0.2) is 26.7 Å². The predicted molar refractivity (Wildman–Crippen MR) is 108 cm³/mol. The number of hydrogen-bond acceptors (Lipinski definition) is 2. The van der Waals surface area contributed by atoms with Crippen LogP contribution in [0.15, 0.2) is 24.3 Å². The lowest BCUT2D eigenvalue weighted by Gasteiger charge is -1.99. The van der Waals surface area contributed by atoms with E-state index in [0.29, 0.717) is 5.56 Å². The number of carbonyl (C=O) groups is 1. The molecule has 3 nitrogen and oxygen atoms in total. The fourth-order valence-corrected chi connectivity index (χ4v) is 1.60. The molecule has 0 aliphatic carbocycles. The molecule has 0 radical (unpaired) electrons. The quantitative estimate of drug-likeness (QED) is 0.644. The van der Waals surface area contributed by atoms with E-state index in [-0.39, 0.29) is 5.91 Å². The first-order chi connectivity index (χ1) is 11.6. The molecular weight excluding hydrogens is 298 g/mol. The first-order valence-electron chi connectivity index (χ1n) is 9.34. The van der Waals surface area contributed by atoms with Gasteiger partial charge >= 0.3 is 0 Å². The molecule has 0 atom stereocenters. The summed E-state index contributed by atoms with van der Waals surface area (Å²) in [6.07, 6.45) is 6.46. The number of unbranched alkanes of at least 4 members (excludes halogenated alkanes) is 3. The van der Waals surface area contributed by atoms with Crippen LogP contribution in [0.1, 0.15) is 82.6 Å². The van der Waals surface area contributed by atoms with Gasteiger partial charge in [-0.25, -0.2) is 0 Å². The van der Waals surface area contributed by atoms with Crippen LogP contribution >= 0.6 is 0 Å². The molecule has 0 unspecified atom stereocenters. The van der Waals surface area contributed by atoms with E-state index in [2.05, 4.69) is 26.1 Å². The number of nitrogens with one attached hydrogen (secondary N) is 1. The van der Waals surface area contributed by atoms with Gasteiger partial charge in [0.1, 0.15) is 0 Å². The topological polar surface area (TPSA) is 38.3 Å². The molecule has 0 saturated carbocycles. The Kier molecular flexibility index (Phi) is 27.4. The van der Waals surface area contributed by atoms with Crippen molar-refractivity contribution in [2.24, 2.45) is 0 Å². The number of carbonyl (C=O) groups excluding carboxylic acids is 1. The van der Waals surface area contributed by atoms with Crippen molar-refractivity contribution in [3.8, 4) is 0 Å². The summed E-state index contributed by atoms with van der Waals surface area (Å²) in [5.74, 6) is -0.0336. The Hall–Kier alpha value is -1.35. The second-order valence-electron chi connectivity index (χ2n) is 5.21. The van der Waals surface area contributed by atoms with Gasteiger partial charge in [-0.1, -0.05) is 78.0 Å². The van der Waals surface area contributed by atoms with Crippen molar-refractivity contribution in [3.63, 3.8) is 0 Å². The maximum absolute atomic E-state index is 11.1. The Bertz CT molecular complexity index is 359. The Morgan fingerprint density at radius 2 is 1.67 bits per heavy atom. The molecule has 1 N–H and O–H groups in total. The van der Waals surface area contributed by atoms with Crippen LogP contribution in [-0.2, 0) is 4.74 Å². The van der Waals surface area contributed by atoms with Gasteiger partial charge < -0.3 is 10.1 Å². The molecule has 24 heavy (non-hydrogen) atoms. The van der Waals surface area contributed by atoms with Crippen molar-refractivity contribution < 1.29 is 9.53 Å². The predicted octanol–water partition coefficient (Wildman–Crippen LogP) is 6.01. The van der Waals surface area contributed by atoms with Gasteiger partial charge in [0, 0.05) is 26.3 Å². The Morgan fingerprint density at radius 1 is 1.08 bits per heavy atom. The first kappa shape index (κ1) is 27.5. The highest BCUT2D eigenvalue weighted by Crippen LogP contribution is 2.02. The van der Waals surface area contributed by atoms with Gasteiger partial charge in [0.25, 0.3) is 5.91 Å². The fraction of sp³-hybridized carbons (Fsp3) is 0.667. The zero-order chi connectivity index (χ0) is 19.2. The average Bonchev–Trinajstić information content (AvgIpc) is 2.61. The molecule has 1 aromatic rings. The summed E-state index contributed by atoms with van der Waals surface area (Å²) in [4.78, 5) is 11.1. The van der Waals surface area contributed by atoms with Crippen LogP contribution in [0.2, 0.25) is 0 Å². The van der Waals surface area contributed by atoms with E-state index in [1.807, 2.05) is 39.0 Å². The molecule has 0 saturated heterocycles. The molecule has 0 aromatic heterocycles. The van der Waals surface area contributed by atoms with E-state index in [0.717, 1.165) is 12.2 Å². The largest absolute Gasteiger partial charge is 0.385 e. The lowest BCUT2D eigenvalue weighted by atomic mass is 10.1. The van der Waals surface area contributed by atoms with E-state index in [4.69, 9.17) is 4.74 Å². The molecule has 0 bridgehead atoms. The highest BCUT2D eigenvalue weighted by atomic mass is 16.5. The molecule has 0 aliphatic heterocycles. The first-order valence-corrected chi connectivity index (χ1v) is 9.34. The van der Waals surface area contributed by atoms with Gasteiger partial charge in [-0.2, -0.15) is 0 Å². The minimum atomic E-state index is -0.0336. The number of hydrogen-bond donors (Lipinski definition) is 1. The van der Waals surface area contributed by atoms with E-state index < -0.39 is 0 Å². The summed E-state index contributed by atoms with van der Waals surface area (Å²) < 4.78 is 4.89. The second kappa shape index (κ2) is 23.9. The number of methoxy groups -OCH3 is 1. The Balaban J connectivity index is -0.000000299. The molecule has 0 fully saturated rings. The molecular formula is C21H41NO2. The zero-order valence-electron chi connectivity index (χ0n) is 17.4. The standard InChI is InChI=1S/C9H11NO.C7H16O.C3H8.C2H6/c1-7-4-3-5-8(6-7)9(11)10-2;1-3-4-5-6-7-8-2;1-3-2;1-2/h3-6H,1-2H3,(H,10,11);3-7H2,1-2H3;3H2,1-2H3;1-2H3. The lowest BCUT2D eigenvalue weighted by Crippen LogP contribution is -2.17. The summed E-state index contributed by atoms with van der Waals surface area (Å²) >= 11 is 0. The molecule has 0 heterocycles. The number of rotatable bonds is 6. The number of benzene rings is 1. The third-order valence-electron chi connectivity index (χ3n) is 2.71. The molecule has 1 rings (SSSR count). The van der Waals surface area contributed by atoms with Crippen molar-refractivity contribution in [2.45, 2.75) is 73.6 Å². The lowest BCUT2D eigenvalue weighted by molar-refractivity contribution is 0.0963. The molecule has 0 aliphatic rings. The highest BCUT2D eigenvalue weighted by Gasteiger charge is 2.00. The third kappa shape index (κ3) is 20.6. The minimum absolute atomic E-state index is 0.0336. The van der Waals surface area contributed by atoms with Crippen LogP contribution < -0.4 is 5.32 Å². The highest BCUT2D eigenvalue weighted by molar-refractivity contribution is 5.94. The van der Waals surface area contributed by atoms with Crippen LogP contribution in [0.25, 0.3) is 0 Å². The van der Waals surface area contributed by atoms with Crippen molar-refractivity contribution in [1.82, 2.24) is 5.32 Å². The van der Waals surface area contributed by atoms with E-state index >= 15 is 0 Å². The molecule has 3 heteroatoms. The maximum atomic E-state index is 11.1. The third-order valence-corrected chi connectivity index (χ3v) is 2.71. The molecule has 1 amide bonds. The van der Waals surface area contributed by atoms with Crippen LogP contribution in [0, 0.1) is 6.92 Å². The summed E-state index contributed by atoms with van der Waals surface area (Å²) in [7, 11) is 3.39. The summed E-state index contributed by atoms with van der Waals surface area (Å²) in [6, 6.07) is 7.50. The van der Waals surface area contributed by atoms with E-state index in [9.17, 15) is 4.79 Å². The van der Waals surface area contributed by atoms with Crippen LogP contribution in [0.3, 0.4) is 0 Å². The maximum Gasteiger partial charge on any atom is 0.251 e. The van der Waals surface area contributed by atoms with Gasteiger partial charge in [0.05, 0.1) is 0 Å². The average molecular weight is 340 g/mol. The normalized spacial score (nSPS) is 8.50. The number of aryl methyl sites for hydroxylation is 1. The van der Waals surface area contributed by atoms with E-state index in [1.165, 1.54) is 32.1 Å². The Morgan fingerprint density at radius 3 is 2.08 bits per heavy atom.